The summed E-state index contributed by atoms with van der Waals surface area (Å²) >= 11 is 5.86. The molecule has 3 nitrogen and oxygen atoms in total. The second kappa shape index (κ2) is 6.19. The smallest absolute Gasteiger partial charge is 0.119 e. The highest BCUT2D eigenvalue weighted by molar-refractivity contribution is 6.30. The molecule has 0 aliphatic carbocycles. The van der Waals surface area contributed by atoms with E-state index in [2.05, 4.69) is 22.5 Å². The normalized spacial score (nSPS) is 11.0. The number of para-hydroxylation sites is 2. The van der Waals surface area contributed by atoms with E-state index in [-0.39, 0.29) is 0 Å². The molecule has 0 bridgehead atoms. The molecule has 0 saturated heterocycles. The van der Waals surface area contributed by atoms with Gasteiger partial charge < -0.3 is 9.30 Å². The summed E-state index contributed by atoms with van der Waals surface area (Å²) in [6.07, 6.45) is 0.912. The highest BCUT2D eigenvalue weighted by Crippen LogP contribution is 2.18. The highest BCUT2D eigenvalue weighted by atomic mass is 35.5. The van der Waals surface area contributed by atoms with Gasteiger partial charge in [0.2, 0.25) is 0 Å². The third kappa shape index (κ3) is 3.03. The number of aromatic nitrogens is 2. The molecule has 3 aromatic rings. The Labute approximate surface area is 129 Å². The molecular weight excluding hydrogens is 284 g/mol. The van der Waals surface area contributed by atoms with Gasteiger partial charge in [0.1, 0.15) is 18.2 Å². The van der Waals surface area contributed by atoms with Crippen LogP contribution in [-0.4, -0.2) is 16.2 Å². The molecule has 4 heteroatoms. The van der Waals surface area contributed by atoms with Gasteiger partial charge >= 0.3 is 0 Å². The summed E-state index contributed by atoms with van der Waals surface area (Å²) in [6, 6.07) is 15.6. The van der Waals surface area contributed by atoms with Crippen molar-refractivity contribution in [2.75, 3.05) is 6.61 Å². The van der Waals surface area contributed by atoms with Crippen molar-refractivity contribution in [1.82, 2.24) is 9.55 Å². The Morgan fingerprint density at radius 3 is 2.62 bits per heavy atom. The van der Waals surface area contributed by atoms with Gasteiger partial charge in [-0.3, -0.25) is 0 Å². The van der Waals surface area contributed by atoms with E-state index in [0.29, 0.717) is 6.61 Å². The Morgan fingerprint density at radius 2 is 1.86 bits per heavy atom. The maximum atomic E-state index is 5.86. The first-order chi connectivity index (χ1) is 10.3. The number of ether oxygens (including phenoxy) is 1. The Bertz CT molecular complexity index is 734. The molecule has 0 aliphatic heterocycles. The summed E-state index contributed by atoms with van der Waals surface area (Å²) in [4.78, 5) is 4.66. The van der Waals surface area contributed by atoms with Crippen LogP contribution < -0.4 is 4.74 Å². The van der Waals surface area contributed by atoms with Crippen LogP contribution in [0.5, 0.6) is 5.75 Å². The van der Waals surface area contributed by atoms with E-state index in [9.17, 15) is 0 Å². The Hall–Kier alpha value is -2.00. The fourth-order valence-electron chi connectivity index (χ4n) is 2.43. The zero-order chi connectivity index (χ0) is 14.7. The molecule has 0 unspecified atom stereocenters. The molecule has 108 valence electrons. The van der Waals surface area contributed by atoms with Crippen molar-refractivity contribution in [3.05, 3.63) is 59.4 Å². The predicted octanol–water partition coefficient (Wildman–Crippen LogP) is 4.33. The predicted molar refractivity (Wildman–Crippen MR) is 86.1 cm³/mol. The zero-order valence-electron chi connectivity index (χ0n) is 11.9. The molecule has 0 fully saturated rings. The third-order valence-electron chi connectivity index (χ3n) is 3.45. The van der Waals surface area contributed by atoms with Crippen LogP contribution in [0.4, 0.5) is 0 Å². The molecule has 2 aromatic carbocycles. The van der Waals surface area contributed by atoms with Gasteiger partial charge in [-0.15, -0.1) is 0 Å². The largest absolute Gasteiger partial charge is 0.492 e. The Kier molecular flexibility index (Phi) is 4.11. The summed E-state index contributed by atoms with van der Waals surface area (Å²) in [7, 11) is 0. The van der Waals surface area contributed by atoms with Crippen molar-refractivity contribution in [3.8, 4) is 5.75 Å². The van der Waals surface area contributed by atoms with Crippen molar-refractivity contribution in [3.63, 3.8) is 0 Å². The topological polar surface area (TPSA) is 27.1 Å². The number of aryl methyl sites for hydroxylation is 1. The minimum absolute atomic E-state index is 0.606. The molecule has 0 aliphatic rings. The quantitative estimate of drug-likeness (QED) is 0.701. The van der Waals surface area contributed by atoms with E-state index in [1.165, 1.54) is 0 Å². The first kappa shape index (κ1) is 14.0. The maximum Gasteiger partial charge on any atom is 0.119 e. The molecule has 1 heterocycles. The average molecular weight is 301 g/mol. The number of rotatable bonds is 5. The van der Waals surface area contributed by atoms with Crippen molar-refractivity contribution in [2.24, 2.45) is 0 Å². The maximum absolute atomic E-state index is 5.86. The molecule has 0 atom stereocenters. The van der Waals surface area contributed by atoms with E-state index < -0.39 is 0 Å². The van der Waals surface area contributed by atoms with Gasteiger partial charge in [-0.05, 0) is 36.4 Å². The van der Waals surface area contributed by atoms with Crippen LogP contribution >= 0.6 is 11.6 Å². The van der Waals surface area contributed by atoms with Gasteiger partial charge in [0.05, 0.1) is 17.6 Å². The Morgan fingerprint density at radius 1 is 1.10 bits per heavy atom. The van der Waals surface area contributed by atoms with Gasteiger partial charge in [0.25, 0.3) is 0 Å². The number of hydrogen-bond acceptors (Lipinski definition) is 2. The van der Waals surface area contributed by atoms with E-state index in [0.717, 1.165) is 40.6 Å². The van der Waals surface area contributed by atoms with Crippen LogP contribution in [0.3, 0.4) is 0 Å². The fourth-order valence-corrected chi connectivity index (χ4v) is 2.56. The van der Waals surface area contributed by atoms with Crippen LogP contribution in [0.1, 0.15) is 12.7 Å². The van der Waals surface area contributed by atoms with Crippen LogP contribution in [0.15, 0.2) is 48.5 Å². The number of nitrogens with zero attached hydrogens (tertiary/aromatic N) is 2. The van der Waals surface area contributed by atoms with Gasteiger partial charge in [0.15, 0.2) is 0 Å². The molecule has 0 amide bonds. The van der Waals surface area contributed by atoms with Crippen LogP contribution in [0.2, 0.25) is 5.02 Å². The van der Waals surface area contributed by atoms with E-state index in [1.807, 2.05) is 42.5 Å². The van der Waals surface area contributed by atoms with Crippen LogP contribution in [0.25, 0.3) is 11.0 Å². The van der Waals surface area contributed by atoms with Crippen LogP contribution in [-0.2, 0) is 13.0 Å². The first-order valence-electron chi connectivity index (χ1n) is 7.10. The van der Waals surface area contributed by atoms with Crippen LogP contribution in [0, 0.1) is 0 Å². The molecule has 21 heavy (non-hydrogen) atoms. The summed E-state index contributed by atoms with van der Waals surface area (Å²) < 4.78 is 8.00. The lowest BCUT2D eigenvalue weighted by atomic mass is 10.3. The molecule has 1 aromatic heterocycles. The SMILES string of the molecule is CCc1nc2ccccc2n1CCOc1ccc(Cl)cc1. The van der Waals surface area contributed by atoms with Gasteiger partial charge in [0, 0.05) is 11.4 Å². The minimum Gasteiger partial charge on any atom is -0.492 e. The third-order valence-corrected chi connectivity index (χ3v) is 3.70. The number of halogens is 1. The Balaban J connectivity index is 1.74. The lowest BCUT2D eigenvalue weighted by molar-refractivity contribution is 0.298. The second-order valence-corrected chi connectivity index (χ2v) is 5.26. The van der Waals surface area contributed by atoms with Crippen molar-refractivity contribution in [1.29, 1.82) is 0 Å². The second-order valence-electron chi connectivity index (χ2n) is 4.82. The summed E-state index contributed by atoms with van der Waals surface area (Å²) in [6.45, 7) is 3.51. The number of hydrogen-bond donors (Lipinski definition) is 0. The first-order valence-corrected chi connectivity index (χ1v) is 7.48. The minimum atomic E-state index is 0.606. The van der Waals surface area contributed by atoms with Gasteiger partial charge in [-0.1, -0.05) is 30.7 Å². The molecule has 3 rings (SSSR count). The van der Waals surface area contributed by atoms with Crippen molar-refractivity contribution < 1.29 is 4.74 Å². The summed E-state index contributed by atoms with van der Waals surface area (Å²) in [5.41, 5.74) is 2.20. The number of benzene rings is 2. The van der Waals surface area contributed by atoms with Gasteiger partial charge in [-0.2, -0.15) is 0 Å². The van der Waals surface area contributed by atoms with E-state index in [1.54, 1.807) is 0 Å². The standard InChI is InChI=1S/C17H17ClN2O/c1-2-17-19-15-5-3-4-6-16(15)20(17)11-12-21-14-9-7-13(18)8-10-14/h3-10H,2,11-12H2,1H3. The molecule has 0 radical (unpaired) electrons. The molecule has 0 saturated carbocycles. The number of fused-ring (bicyclic) bond motifs is 1. The average Bonchev–Trinajstić information content (AvgIpc) is 2.87. The van der Waals surface area contributed by atoms with E-state index in [4.69, 9.17) is 16.3 Å². The van der Waals surface area contributed by atoms with E-state index >= 15 is 0 Å². The summed E-state index contributed by atoms with van der Waals surface area (Å²) in [5, 5.41) is 0.719. The monoisotopic (exact) mass is 300 g/mol. The highest BCUT2D eigenvalue weighted by Gasteiger charge is 2.08. The van der Waals surface area contributed by atoms with Gasteiger partial charge in [-0.25, -0.2) is 4.98 Å². The number of imidazole rings is 1. The van der Waals surface area contributed by atoms with Crippen molar-refractivity contribution >= 4 is 22.6 Å². The van der Waals surface area contributed by atoms with Crippen molar-refractivity contribution in [2.45, 2.75) is 19.9 Å². The lowest BCUT2D eigenvalue weighted by Crippen LogP contribution is -2.10. The molecule has 0 N–H and O–H groups in total. The fraction of sp³-hybridized carbons (Fsp3) is 0.235. The summed E-state index contributed by atoms with van der Waals surface area (Å²) in [5.74, 6) is 1.93. The molecular formula is C17H17ClN2O. The molecule has 0 spiro atoms. The zero-order valence-corrected chi connectivity index (χ0v) is 12.7. The lowest BCUT2D eigenvalue weighted by Gasteiger charge is -2.10.